The van der Waals surface area contributed by atoms with Crippen LogP contribution in [0.4, 0.5) is 5.69 Å². The van der Waals surface area contributed by atoms with Crippen molar-refractivity contribution in [2.75, 3.05) is 12.3 Å². The Labute approximate surface area is 112 Å². The van der Waals surface area contributed by atoms with Gasteiger partial charge in [0.25, 0.3) is 5.56 Å². The Kier molecular flexibility index (Phi) is 4.36. The van der Waals surface area contributed by atoms with Crippen LogP contribution in [0.25, 0.3) is 0 Å². The number of benzene rings is 1. The molecule has 0 unspecified atom stereocenters. The highest BCUT2D eigenvalue weighted by molar-refractivity contribution is 5.37. The number of nitrogen functional groups attached to an aromatic ring is 1. The molecule has 100 valence electrons. The summed E-state index contributed by atoms with van der Waals surface area (Å²) < 4.78 is 7.15. The zero-order valence-electron chi connectivity index (χ0n) is 11.0. The first-order valence-electron chi connectivity index (χ1n) is 6.25. The Morgan fingerprint density at radius 2 is 2.00 bits per heavy atom. The molecule has 2 aromatic rings. The number of hydrogen-bond donors (Lipinski definition) is 1. The number of nitrogens with two attached hydrogens (primary N) is 1. The van der Waals surface area contributed by atoms with E-state index >= 15 is 0 Å². The summed E-state index contributed by atoms with van der Waals surface area (Å²) >= 11 is 0. The maximum absolute atomic E-state index is 11.8. The van der Waals surface area contributed by atoms with Crippen molar-refractivity contribution in [3.05, 3.63) is 64.1 Å². The molecule has 0 saturated carbocycles. The summed E-state index contributed by atoms with van der Waals surface area (Å²) in [5.74, 6) is 0. The smallest absolute Gasteiger partial charge is 0.273 e. The number of nitrogens with zero attached hydrogens (tertiary/aromatic N) is 1. The van der Waals surface area contributed by atoms with E-state index in [2.05, 4.69) is 0 Å². The normalized spacial score (nSPS) is 10.6. The average Bonchev–Trinajstić information content (AvgIpc) is 2.41. The lowest BCUT2D eigenvalue weighted by Crippen LogP contribution is -2.24. The van der Waals surface area contributed by atoms with Crippen molar-refractivity contribution in [2.45, 2.75) is 20.1 Å². The van der Waals surface area contributed by atoms with Crippen molar-refractivity contribution in [3.63, 3.8) is 0 Å². The van der Waals surface area contributed by atoms with Gasteiger partial charge in [-0.1, -0.05) is 30.3 Å². The standard InChI is InChI=1S/C15H18N2O2/c1-12-9-14(16)15(18)17(10-12)7-8-19-11-13-5-3-2-4-6-13/h2-6,9-10H,7-8,11,16H2,1H3. The van der Waals surface area contributed by atoms with Crippen LogP contribution in [0, 0.1) is 6.92 Å². The van der Waals surface area contributed by atoms with Crippen LogP contribution >= 0.6 is 0 Å². The average molecular weight is 258 g/mol. The van der Waals surface area contributed by atoms with Gasteiger partial charge in [0.15, 0.2) is 0 Å². The first-order valence-corrected chi connectivity index (χ1v) is 6.25. The van der Waals surface area contributed by atoms with Crippen LogP contribution in [0.3, 0.4) is 0 Å². The monoisotopic (exact) mass is 258 g/mol. The molecule has 0 aliphatic rings. The molecule has 19 heavy (non-hydrogen) atoms. The predicted molar refractivity (Wildman–Crippen MR) is 75.9 cm³/mol. The number of aryl methyl sites for hydroxylation is 1. The molecule has 0 spiro atoms. The molecule has 0 aliphatic heterocycles. The number of rotatable bonds is 5. The summed E-state index contributed by atoms with van der Waals surface area (Å²) in [6.45, 7) is 3.46. The second-order valence-electron chi connectivity index (χ2n) is 4.51. The second kappa shape index (κ2) is 6.20. The summed E-state index contributed by atoms with van der Waals surface area (Å²) in [5, 5.41) is 0. The van der Waals surface area contributed by atoms with Crippen LogP contribution < -0.4 is 11.3 Å². The molecular weight excluding hydrogens is 240 g/mol. The number of anilines is 1. The molecule has 1 aromatic heterocycles. The second-order valence-corrected chi connectivity index (χ2v) is 4.51. The summed E-state index contributed by atoms with van der Waals surface area (Å²) in [4.78, 5) is 11.8. The Morgan fingerprint density at radius 3 is 2.74 bits per heavy atom. The van der Waals surface area contributed by atoms with E-state index in [9.17, 15) is 4.79 Å². The van der Waals surface area contributed by atoms with Crippen LogP contribution in [0.2, 0.25) is 0 Å². The van der Waals surface area contributed by atoms with Crippen molar-refractivity contribution < 1.29 is 4.74 Å². The minimum atomic E-state index is -0.158. The zero-order chi connectivity index (χ0) is 13.7. The van der Waals surface area contributed by atoms with Gasteiger partial charge in [0, 0.05) is 12.7 Å². The predicted octanol–water partition coefficient (Wildman–Crippen LogP) is 1.96. The minimum absolute atomic E-state index is 0.158. The van der Waals surface area contributed by atoms with Crippen LogP contribution in [0.1, 0.15) is 11.1 Å². The molecule has 4 heteroatoms. The lowest BCUT2D eigenvalue weighted by molar-refractivity contribution is 0.112. The van der Waals surface area contributed by atoms with Gasteiger partial charge in [-0.3, -0.25) is 4.79 Å². The highest BCUT2D eigenvalue weighted by atomic mass is 16.5. The Balaban J connectivity index is 1.88. The number of ether oxygens (including phenoxy) is 1. The third kappa shape index (κ3) is 3.69. The fourth-order valence-corrected chi connectivity index (χ4v) is 1.91. The van der Waals surface area contributed by atoms with Crippen LogP contribution in [0.15, 0.2) is 47.4 Å². The number of aromatic nitrogens is 1. The molecule has 0 bridgehead atoms. The third-order valence-corrected chi connectivity index (χ3v) is 2.84. The Hall–Kier alpha value is -2.07. The molecule has 2 N–H and O–H groups in total. The lowest BCUT2D eigenvalue weighted by atomic mass is 10.2. The van der Waals surface area contributed by atoms with E-state index in [1.165, 1.54) is 0 Å². The van der Waals surface area contributed by atoms with E-state index in [0.29, 0.717) is 19.8 Å². The van der Waals surface area contributed by atoms with Gasteiger partial charge in [-0.05, 0) is 24.1 Å². The van der Waals surface area contributed by atoms with Gasteiger partial charge in [0.05, 0.1) is 18.9 Å². The first-order chi connectivity index (χ1) is 9.16. The molecular formula is C15H18N2O2. The topological polar surface area (TPSA) is 57.2 Å². The van der Waals surface area contributed by atoms with Gasteiger partial charge < -0.3 is 15.0 Å². The van der Waals surface area contributed by atoms with Crippen molar-refractivity contribution >= 4 is 5.69 Å². The maximum Gasteiger partial charge on any atom is 0.273 e. The van der Waals surface area contributed by atoms with E-state index in [1.807, 2.05) is 37.3 Å². The Bertz CT molecular complexity index is 591. The molecule has 4 nitrogen and oxygen atoms in total. The fourth-order valence-electron chi connectivity index (χ4n) is 1.91. The van der Waals surface area contributed by atoms with Gasteiger partial charge in [-0.15, -0.1) is 0 Å². The van der Waals surface area contributed by atoms with Gasteiger partial charge in [-0.2, -0.15) is 0 Å². The van der Waals surface area contributed by atoms with Crippen LogP contribution in [0.5, 0.6) is 0 Å². The molecule has 1 aromatic carbocycles. The van der Waals surface area contributed by atoms with Gasteiger partial charge in [-0.25, -0.2) is 0 Å². The zero-order valence-corrected chi connectivity index (χ0v) is 11.0. The van der Waals surface area contributed by atoms with E-state index in [4.69, 9.17) is 10.5 Å². The van der Waals surface area contributed by atoms with E-state index in [-0.39, 0.29) is 11.2 Å². The van der Waals surface area contributed by atoms with Crippen molar-refractivity contribution in [2.24, 2.45) is 0 Å². The number of pyridine rings is 1. The number of hydrogen-bond acceptors (Lipinski definition) is 3. The van der Waals surface area contributed by atoms with Gasteiger partial charge in [0.2, 0.25) is 0 Å². The molecule has 0 saturated heterocycles. The Morgan fingerprint density at radius 1 is 1.26 bits per heavy atom. The highest BCUT2D eigenvalue weighted by Crippen LogP contribution is 2.02. The van der Waals surface area contributed by atoms with Crippen LogP contribution in [-0.2, 0) is 17.9 Å². The summed E-state index contributed by atoms with van der Waals surface area (Å²) in [5.41, 5.74) is 7.86. The lowest BCUT2D eigenvalue weighted by Gasteiger charge is -2.09. The summed E-state index contributed by atoms with van der Waals surface area (Å²) in [6, 6.07) is 11.6. The summed E-state index contributed by atoms with van der Waals surface area (Å²) in [7, 11) is 0. The van der Waals surface area contributed by atoms with Gasteiger partial charge in [0.1, 0.15) is 0 Å². The molecule has 0 aliphatic carbocycles. The van der Waals surface area contributed by atoms with Crippen molar-refractivity contribution in [3.8, 4) is 0 Å². The van der Waals surface area contributed by atoms with Crippen molar-refractivity contribution in [1.82, 2.24) is 4.57 Å². The fraction of sp³-hybridized carbons (Fsp3) is 0.267. The van der Waals surface area contributed by atoms with Gasteiger partial charge >= 0.3 is 0 Å². The molecule has 0 radical (unpaired) electrons. The molecule has 2 rings (SSSR count). The van der Waals surface area contributed by atoms with Crippen LogP contribution in [-0.4, -0.2) is 11.2 Å². The molecule has 0 fully saturated rings. The molecule has 0 amide bonds. The minimum Gasteiger partial charge on any atom is -0.394 e. The van der Waals surface area contributed by atoms with Crippen molar-refractivity contribution in [1.29, 1.82) is 0 Å². The van der Waals surface area contributed by atoms with E-state index in [0.717, 1.165) is 11.1 Å². The maximum atomic E-state index is 11.8. The quantitative estimate of drug-likeness (QED) is 0.834. The van der Waals surface area contributed by atoms with E-state index < -0.39 is 0 Å². The highest BCUT2D eigenvalue weighted by Gasteiger charge is 2.01. The first kappa shape index (κ1) is 13.4. The molecule has 1 heterocycles. The summed E-state index contributed by atoms with van der Waals surface area (Å²) in [6.07, 6.45) is 1.80. The SMILES string of the molecule is Cc1cc(N)c(=O)n(CCOCc2ccccc2)c1. The molecule has 0 atom stereocenters. The third-order valence-electron chi connectivity index (χ3n) is 2.84. The van der Waals surface area contributed by atoms with E-state index in [1.54, 1.807) is 16.8 Å². The largest absolute Gasteiger partial charge is 0.394 e.